The lowest BCUT2D eigenvalue weighted by Crippen LogP contribution is -2.39. The Morgan fingerprint density at radius 3 is 2.94 bits per heavy atom. The smallest absolute Gasteiger partial charge is 0.266 e. The molecular weight excluding hydrogens is 461 g/mol. The molecule has 0 bridgehead atoms. The molecule has 1 aliphatic heterocycles. The molecule has 8 nitrogen and oxygen atoms in total. The first kappa shape index (κ1) is 22.5. The molecule has 3 aromatic heterocycles. The highest BCUT2D eigenvalue weighted by molar-refractivity contribution is 6.32. The number of rotatable bonds is 6. The molecule has 4 heterocycles. The zero-order valence-electron chi connectivity index (χ0n) is 18.2. The van der Waals surface area contributed by atoms with Crippen LogP contribution in [0.1, 0.15) is 12.0 Å². The van der Waals surface area contributed by atoms with Crippen molar-refractivity contribution in [2.24, 2.45) is 5.92 Å². The second kappa shape index (κ2) is 9.54. The van der Waals surface area contributed by atoms with Crippen molar-refractivity contribution in [2.45, 2.75) is 19.0 Å². The molecule has 1 aliphatic rings. The second-order valence-corrected chi connectivity index (χ2v) is 8.67. The molecule has 5 rings (SSSR count). The van der Waals surface area contributed by atoms with E-state index in [0.29, 0.717) is 46.2 Å². The summed E-state index contributed by atoms with van der Waals surface area (Å²) in [6.07, 6.45) is 5.33. The molecule has 1 aromatic carbocycles. The fourth-order valence-corrected chi connectivity index (χ4v) is 4.42. The van der Waals surface area contributed by atoms with Gasteiger partial charge in [-0.25, -0.2) is 9.37 Å². The quantitative estimate of drug-likeness (QED) is 0.437. The van der Waals surface area contributed by atoms with Crippen LogP contribution in [0.2, 0.25) is 5.02 Å². The zero-order chi connectivity index (χ0) is 23.7. The van der Waals surface area contributed by atoms with Crippen LogP contribution in [0.5, 0.6) is 0 Å². The van der Waals surface area contributed by atoms with Crippen LogP contribution in [0.25, 0.3) is 16.6 Å². The molecule has 2 unspecified atom stereocenters. The number of benzene rings is 1. The minimum absolute atomic E-state index is 0.00362. The van der Waals surface area contributed by atoms with Gasteiger partial charge in [-0.15, -0.1) is 0 Å². The number of ether oxygens (including phenoxy) is 1. The van der Waals surface area contributed by atoms with Gasteiger partial charge in [0.05, 0.1) is 53.8 Å². The third-order valence-corrected chi connectivity index (χ3v) is 6.42. The minimum Gasteiger partial charge on any atom is -0.396 e. The predicted molar refractivity (Wildman–Crippen MR) is 127 cm³/mol. The number of aliphatic hydroxyl groups is 1. The highest BCUT2D eigenvalue weighted by Gasteiger charge is 2.25. The highest BCUT2D eigenvalue weighted by atomic mass is 35.5. The number of aliphatic hydroxyl groups excluding tert-OH is 1. The summed E-state index contributed by atoms with van der Waals surface area (Å²) in [6.45, 7) is 1.29. The molecule has 0 radical (unpaired) electrons. The first-order chi connectivity index (χ1) is 16.5. The fourth-order valence-electron chi connectivity index (χ4n) is 4.23. The molecule has 0 aliphatic carbocycles. The lowest BCUT2D eigenvalue weighted by Gasteiger charge is -2.31. The SMILES string of the molecule is O=c1c2cnn(Cc3ccccc3F)c2ccn1-c1cc(NC2CCOCC2CO)ncc1Cl. The van der Waals surface area contributed by atoms with Crippen LogP contribution in [0.15, 0.2) is 59.8 Å². The maximum Gasteiger partial charge on any atom is 0.266 e. The summed E-state index contributed by atoms with van der Waals surface area (Å²) in [5, 5.41) is 18.0. The Morgan fingerprint density at radius 1 is 1.26 bits per heavy atom. The summed E-state index contributed by atoms with van der Waals surface area (Å²) in [7, 11) is 0. The summed E-state index contributed by atoms with van der Waals surface area (Å²) >= 11 is 6.41. The van der Waals surface area contributed by atoms with Gasteiger partial charge < -0.3 is 15.2 Å². The molecule has 10 heteroatoms. The summed E-state index contributed by atoms with van der Waals surface area (Å²) in [4.78, 5) is 17.6. The third-order valence-electron chi connectivity index (χ3n) is 6.13. The van der Waals surface area contributed by atoms with Crippen molar-refractivity contribution in [1.82, 2.24) is 19.3 Å². The second-order valence-electron chi connectivity index (χ2n) is 8.26. The van der Waals surface area contributed by atoms with E-state index in [4.69, 9.17) is 16.3 Å². The number of hydrogen-bond donors (Lipinski definition) is 2. The first-order valence-corrected chi connectivity index (χ1v) is 11.3. The van der Waals surface area contributed by atoms with E-state index in [9.17, 15) is 14.3 Å². The lowest BCUT2D eigenvalue weighted by atomic mass is 9.96. The number of fused-ring (bicyclic) bond motifs is 1. The van der Waals surface area contributed by atoms with Crippen molar-refractivity contribution in [2.75, 3.05) is 25.1 Å². The highest BCUT2D eigenvalue weighted by Crippen LogP contribution is 2.25. The monoisotopic (exact) mass is 483 g/mol. The van der Waals surface area contributed by atoms with Crippen LogP contribution >= 0.6 is 11.6 Å². The van der Waals surface area contributed by atoms with Gasteiger partial charge in [-0.1, -0.05) is 29.8 Å². The Bertz CT molecular complexity index is 1390. The van der Waals surface area contributed by atoms with Crippen LogP contribution in [-0.2, 0) is 11.3 Å². The van der Waals surface area contributed by atoms with Crippen LogP contribution in [0, 0.1) is 11.7 Å². The number of halogens is 2. The maximum absolute atomic E-state index is 14.1. The molecule has 2 atom stereocenters. The van der Waals surface area contributed by atoms with E-state index in [-0.39, 0.29) is 36.5 Å². The van der Waals surface area contributed by atoms with E-state index in [1.807, 2.05) is 0 Å². The van der Waals surface area contributed by atoms with Crippen molar-refractivity contribution < 1.29 is 14.2 Å². The number of aromatic nitrogens is 4. The summed E-state index contributed by atoms with van der Waals surface area (Å²) in [5.74, 6) is 0.178. The minimum atomic E-state index is -0.323. The van der Waals surface area contributed by atoms with E-state index in [1.54, 1.807) is 41.2 Å². The van der Waals surface area contributed by atoms with E-state index < -0.39 is 0 Å². The molecule has 1 fully saturated rings. The number of anilines is 1. The third kappa shape index (κ3) is 4.29. The number of nitrogens with zero attached hydrogens (tertiary/aromatic N) is 4. The average Bonchev–Trinajstić information content (AvgIpc) is 3.26. The van der Waals surface area contributed by atoms with Crippen molar-refractivity contribution in [3.05, 3.63) is 81.7 Å². The standard InChI is InChI=1S/C24H23ClFN5O3/c25-18-11-27-23(29-20-6-8-34-14-16(20)13-32)9-22(18)30-7-5-21-17(24(30)33)10-28-31(21)12-15-3-1-2-4-19(15)26/h1-5,7,9-11,16,20,32H,6,8,12-14H2,(H,27,29). The van der Waals surface area contributed by atoms with Gasteiger partial charge in [-0.3, -0.25) is 14.0 Å². The van der Waals surface area contributed by atoms with Crippen molar-refractivity contribution >= 4 is 28.3 Å². The maximum atomic E-state index is 14.1. The summed E-state index contributed by atoms with van der Waals surface area (Å²) in [6, 6.07) is 9.95. The van der Waals surface area contributed by atoms with E-state index >= 15 is 0 Å². The largest absolute Gasteiger partial charge is 0.396 e. The van der Waals surface area contributed by atoms with Crippen molar-refractivity contribution in [3.63, 3.8) is 0 Å². The lowest BCUT2D eigenvalue weighted by molar-refractivity contribution is 0.0225. The van der Waals surface area contributed by atoms with E-state index in [1.165, 1.54) is 23.0 Å². The normalized spacial score (nSPS) is 18.3. The van der Waals surface area contributed by atoms with Gasteiger partial charge in [-0.2, -0.15) is 5.10 Å². The summed E-state index contributed by atoms with van der Waals surface area (Å²) < 4.78 is 22.6. The zero-order valence-corrected chi connectivity index (χ0v) is 19.0. The number of pyridine rings is 2. The molecule has 1 saturated heterocycles. The van der Waals surface area contributed by atoms with Gasteiger partial charge in [0.2, 0.25) is 0 Å². The van der Waals surface area contributed by atoms with E-state index in [0.717, 1.165) is 6.42 Å². The number of nitrogens with one attached hydrogen (secondary N) is 1. The van der Waals surface area contributed by atoms with Gasteiger partial charge >= 0.3 is 0 Å². The Hall–Kier alpha value is -3.27. The Morgan fingerprint density at radius 2 is 2.12 bits per heavy atom. The molecule has 0 spiro atoms. The molecule has 0 saturated carbocycles. The van der Waals surface area contributed by atoms with Crippen molar-refractivity contribution in [1.29, 1.82) is 0 Å². The predicted octanol–water partition coefficient (Wildman–Crippen LogP) is 3.23. The average molecular weight is 484 g/mol. The fraction of sp³-hybridized carbons (Fsp3) is 0.292. The van der Waals surface area contributed by atoms with Crippen LogP contribution in [0.3, 0.4) is 0 Å². The van der Waals surface area contributed by atoms with Gasteiger partial charge in [-0.05, 0) is 18.6 Å². The van der Waals surface area contributed by atoms with Gasteiger partial charge in [0.15, 0.2) is 0 Å². The van der Waals surface area contributed by atoms with Crippen LogP contribution in [0.4, 0.5) is 10.2 Å². The molecule has 34 heavy (non-hydrogen) atoms. The van der Waals surface area contributed by atoms with Crippen molar-refractivity contribution in [3.8, 4) is 5.69 Å². The molecule has 2 N–H and O–H groups in total. The molecule has 176 valence electrons. The Kier molecular flexibility index (Phi) is 6.32. The van der Waals surface area contributed by atoms with Gasteiger partial charge in [0, 0.05) is 36.4 Å². The van der Waals surface area contributed by atoms with E-state index in [2.05, 4.69) is 15.4 Å². The molecule has 0 amide bonds. The van der Waals surface area contributed by atoms with Gasteiger partial charge in [0.25, 0.3) is 5.56 Å². The Labute approximate surface area is 199 Å². The number of hydrogen-bond acceptors (Lipinski definition) is 6. The van der Waals surface area contributed by atoms with Crippen LogP contribution in [-0.4, -0.2) is 50.3 Å². The summed E-state index contributed by atoms with van der Waals surface area (Å²) in [5.41, 5.74) is 1.26. The first-order valence-electron chi connectivity index (χ1n) is 11.0. The van der Waals surface area contributed by atoms with Crippen LogP contribution < -0.4 is 10.9 Å². The molecule has 4 aromatic rings. The topological polar surface area (TPSA) is 94.2 Å². The Balaban J connectivity index is 1.47. The van der Waals surface area contributed by atoms with Gasteiger partial charge in [0.1, 0.15) is 11.6 Å². The molecular formula is C24H23ClFN5O3.